The van der Waals surface area contributed by atoms with Crippen LogP contribution in [0.2, 0.25) is 5.02 Å². The molecule has 0 unspecified atom stereocenters. The smallest absolute Gasteiger partial charge is 0.269 e. The number of benzene rings is 2. The van der Waals surface area contributed by atoms with Crippen molar-refractivity contribution in [2.75, 3.05) is 26.2 Å². The summed E-state index contributed by atoms with van der Waals surface area (Å²) in [5.74, 6) is 0. The predicted molar refractivity (Wildman–Crippen MR) is 95.1 cm³/mol. The summed E-state index contributed by atoms with van der Waals surface area (Å²) in [4.78, 5) is 15.3. The Morgan fingerprint density at radius 2 is 1.62 bits per heavy atom. The van der Waals surface area contributed by atoms with E-state index in [1.54, 1.807) is 12.1 Å². The molecule has 0 aliphatic carbocycles. The lowest BCUT2D eigenvalue weighted by Gasteiger charge is -2.34. The number of halogens is 1. The number of nitro benzene ring substituents is 1. The van der Waals surface area contributed by atoms with Crippen LogP contribution < -0.4 is 0 Å². The van der Waals surface area contributed by atoms with Gasteiger partial charge in [-0.25, -0.2) is 0 Å². The fourth-order valence-corrected chi connectivity index (χ4v) is 3.20. The summed E-state index contributed by atoms with van der Waals surface area (Å²) in [5.41, 5.74) is 2.31. The lowest BCUT2D eigenvalue weighted by atomic mass is 10.1. The third-order valence-electron chi connectivity index (χ3n) is 4.34. The molecule has 0 aromatic heterocycles. The third kappa shape index (κ3) is 4.32. The number of hydrogen-bond donors (Lipinski definition) is 0. The summed E-state index contributed by atoms with van der Waals surface area (Å²) in [6.07, 6.45) is 0. The Bertz CT molecular complexity index is 715. The van der Waals surface area contributed by atoms with Gasteiger partial charge in [0.15, 0.2) is 0 Å². The molecule has 0 spiro atoms. The second-order valence-electron chi connectivity index (χ2n) is 6.07. The van der Waals surface area contributed by atoms with Gasteiger partial charge in [0.25, 0.3) is 5.69 Å². The van der Waals surface area contributed by atoms with Crippen LogP contribution in [0.5, 0.6) is 0 Å². The molecule has 24 heavy (non-hydrogen) atoms. The minimum Gasteiger partial charge on any atom is -0.297 e. The zero-order chi connectivity index (χ0) is 16.9. The quantitative estimate of drug-likeness (QED) is 0.614. The van der Waals surface area contributed by atoms with E-state index in [1.165, 1.54) is 6.07 Å². The molecular formula is C18H20ClN3O2. The van der Waals surface area contributed by atoms with Crippen LogP contribution in [0.4, 0.5) is 5.69 Å². The molecule has 5 nitrogen and oxygen atoms in total. The highest BCUT2D eigenvalue weighted by Crippen LogP contribution is 2.19. The number of nitrogens with zero attached hydrogens (tertiary/aromatic N) is 3. The Kier molecular flexibility index (Phi) is 5.45. The second kappa shape index (κ2) is 7.75. The molecule has 1 heterocycles. The fraction of sp³-hybridized carbons (Fsp3) is 0.333. The van der Waals surface area contributed by atoms with Crippen molar-refractivity contribution < 1.29 is 4.92 Å². The maximum atomic E-state index is 10.9. The molecule has 0 amide bonds. The normalized spacial score (nSPS) is 16.2. The van der Waals surface area contributed by atoms with E-state index in [2.05, 4.69) is 15.9 Å². The first-order valence-corrected chi connectivity index (χ1v) is 8.41. The van der Waals surface area contributed by atoms with E-state index in [0.29, 0.717) is 0 Å². The summed E-state index contributed by atoms with van der Waals surface area (Å²) in [5, 5.41) is 11.7. The van der Waals surface area contributed by atoms with Crippen molar-refractivity contribution in [3.63, 3.8) is 0 Å². The summed E-state index contributed by atoms with van der Waals surface area (Å²) in [6, 6.07) is 14.8. The molecule has 6 heteroatoms. The van der Waals surface area contributed by atoms with Crippen molar-refractivity contribution in [2.45, 2.75) is 13.1 Å². The monoisotopic (exact) mass is 345 g/mol. The Morgan fingerprint density at radius 3 is 2.29 bits per heavy atom. The Balaban J connectivity index is 1.53. The van der Waals surface area contributed by atoms with Gasteiger partial charge in [0.1, 0.15) is 0 Å². The number of piperazine rings is 1. The highest BCUT2D eigenvalue weighted by atomic mass is 35.5. The zero-order valence-electron chi connectivity index (χ0n) is 13.4. The molecule has 3 rings (SSSR count). The first kappa shape index (κ1) is 16.9. The van der Waals surface area contributed by atoms with Gasteiger partial charge in [-0.3, -0.25) is 19.9 Å². The summed E-state index contributed by atoms with van der Waals surface area (Å²) in [7, 11) is 0. The maximum Gasteiger partial charge on any atom is 0.269 e. The Labute approximate surface area is 146 Å². The molecule has 1 saturated heterocycles. The fourth-order valence-electron chi connectivity index (χ4n) is 3.00. The molecule has 0 bridgehead atoms. The molecule has 1 fully saturated rings. The molecule has 2 aromatic carbocycles. The van der Waals surface area contributed by atoms with Gasteiger partial charge >= 0.3 is 0 Å². The Morgan fingerprint density at radius 1 is 0.958 bits per heavy atom. The standard InChI is InChI=1S/C18H20ClN3O2/c19-18-7-2-1-5-16(18)14-21-10-8-20(9-11-21)13-15-4-3-6-17(12-15)22(23)24/h1-7,12H,8-11,13-14H2. The highest BCUT2D eigenvalue weighted by Gasteiger charge is 2.18. The minimum absolute atomic E-state index is 0.157. The lowest BCUT2D eigenvalue weighted by Crippen LogP contribution is -2.45. The molecule has 0 N–H and O–H groups in total. The van der Waals surface area contributed by atoms with Crippen LogP contribution in [0, 0.1) is 10.1 Å². The van der Waals surface area contributed by atoms with Gasteiger partial charge in [-0.1, -0.05) is 41.9 Å². The molecule has 0 atom stereocenters. The van der Waals surface area contributed by atoms with Crippen LogP contribution in [0.15, 0.2) is 48.5 Å². The van der Waals surface area contributed by atoms with E-state index in [9.17, 15) is 10.1 Å². The first-order valence-electron chi connectivity index (χ1n) is 8.03. The first-order chi connectivity index (χ1) is 11.6. The van der Waals surface area contributed by atoms with Crippen LogP contribution >= 0.6 is 11.6 Å². The van der Waals surface area contributed by atoms with Crippen molar-refractivity contribution >= 4 is 17.3 Å². The van der Waals surface area contributed by atoms with E-state index < -0.39 is 0 Å². The average Bonchev–Trinajstić information content (AvgIpc) is 2.59. The molecule has 1 aliphatic rings. The van der Waals surface area contributed by atoms with Gasteiger partial charge in [0.2, 0.25) is 0 Å². The summed E-state index contributed by atoms with van der Waals surface area (Å²) < 4.78 is 0. The van der Waals surface area contributed by atoms with Crippen LogP contribution in [-0.4, -0.2) is 40.9 Å². The van der Waals surface area contributed by atoms with Gasteiger partial charge in [0.05, 0.1) is 4.92 Å². The van der Waals surface area contributed by atoms with E-state index >= 15 is 0 Å². The van der Waals surface area contributed by atoms with Gasteiger partial charge in [-0.05, 0) is 17.2 Å². The maximum absolute atomic E-state index is 10.9. The van der Waals surface area contributed by atoms with Crippen molar-refractivity contribution in [1.29, 1.82) is 0 Å². The minimum atomic E-state index is -0.342. The van der Waals surface area contributed by atoms with Crippen molar-refractivity contribution in [2.24, 2.45) is 0 Å². The van der Waals surface area contributed by atoms with Gasteiger partial charge in [-0.15, -0.1) is 0 Å². The highest BCUT2D eigenvalue weighted by molar-refractivity contribution is 6.31. The molecular weight excluding hydrogens is 326 g/mol. The van der Waals surface area contributed by atoms with E-state index in [0.717, 1.165) is 55.4 Å². The predicted octanol–water partition coefficient (Wildman–Crippen LogP) is 3.57. The van der Waals surface area contributed by atoms with Crippen LogP contribution in [0.3, 0.4) is 0 Å². The number of nitro groups is 1. The Hall–Kier alpha value is -1.95. The van der Waals surface area contributed by atoms with Gasteiger partial charge in [0, 0.05) is 56.4 Å². The summed E-state index contributed by atoms with van der Waals surface area (Å²) in [6.45, 7) is 5.46. The summed E-state index contributed by atoms with van der Waals surface area (Å²) >= 11 is 6.23. The van der Waals surface area contributed by atoms with E-state index in [1.807, 2.05) is 24.3 Å². The molecule has 0 saturated carbocycles. The van der Waals surface area contributed by atoms with E-state index in [4.69, 9.17) is 11.6 Å². The number of non-ortho nitro benzene ring substituents is 1. The van der Waals surface area contributed by atoms with Crippen molar-refractivity contribution in [3.05, 3.63) is 74.8 Å². The second-order valence-corrected chi connectivity index (χ2v) is 6.48. The van der Waals surface area contributed by atoms with Crippen molar-refractivity contribution in [1.82, 2.24) is 9.80 Å². The average molecular weight is 346 g/mol. The lowest BCUT2D eigenvalue weighted by molar-refractivity contribution is -0.384. The molecule has 0 radical (unpaired) electrons. The van der Waals surface area contributed by atoms with Crippen LogP contribution in [0.1, 0.15) is 11.1 Å². The third-order valence-corrected chi connectivity index (χ3v) is 4.71. The molecule has 2 aromatic rings. The topological polar surface area (TPSA) is 49.6 Å². The van der Waals surface area contributed by atoms with Gasteiger partial charge in [-0.2, -0.15) is 0 Å². The molecule has 1 aliphatic heterocycles. The van der Waals surface area contributed by atoms with Gasteiger partial charge < -0.3 is 0 Å². The van der Waals surface area contributed by atoms with Crippen molar-refractivity contribution in [3.8, 4) is 0 Å². The largest absolute Gasteiger partial charge is 0.297 e. The molecule has 126 valence electrons. The van der Waals surface area contributed by atoms with E-state index in [-0.39, 0.29) is 10.6 Å². The van der Waals surface area contributed by atoms with Crippen LogP contribution in [-0.2, 0) is 13.1 Å². The number of hydrogen-bond acceptors (Lipinski definition) is 4. The SMILES string of the molecule is O=[N+]([O-])c1cccc(CN2CCN(Cc3ccccc3Cl)CC2)c1. The number of rotatable bonds is 5. The van der Waals surface area contributed by atoms with Crippen LogP contribution in [0.25, 0.3) is 0 Å². The zero-order valence-corrected chi connectivity index (χ0v) is 14.2.